The Morgan fingerprint density at radius 2 is 1.91 bits per heavy atom. The summed E-state index contributed by atoms with van der Waals surface area (Å²) in [6, 6.07) is 10.3. The number of amides is 1. The second-order valence-corrected chi connectivity index (χ2v) is 5.55. The molecule has 0 spiro atoms. The van der Waals surface area contributed by atoms with Crippen molar-refractivity contribution in [2.45, 2.75) is 0 Å². The van der Waals surface area contributed by atoms with Crippen LogP contribution in [0.5, 0.6) is 0 Å². The smallest absolute Gasteiger partial charge is 0.277 e. The molecule has 0 saturated carbocycles. The number of hydrogen-bond donors (Lipinski definition) is 1. The van der Waals surface area contributed by atoms with Crippen LogP contribution in [0.1, 0.15) is 10.5 Å². The lowest BCUT2D eigenvalue weighted by Crippen LogP contribution is -2.25. The van der Waals surface area contributed by atoms with E-state index in [0.717, 1.165) is 9.15 Å². The quantitative estimate of drug-likeness (QED) is 0.762. The molecule has 0 unspecified atom stereocenters. The fourth-order valence-electron chi connectivity index (χ4n) is 2.09. The molecule has 0 atom stereocenters. The van der Waals surface area contributed by atoms with E-state index in [0.29, 0.717) is 16.6 Å². The first-order chi connectivity index (χ1) is 10.6. The second kappa shape index (κ2) is 5.69. The summed E-state index contributed by atoms with van der Waals surface area (Å²) in [4.78, 5) is 28.6. The number of benzene rings is 1. The van der Waals surface area contributed by atoms with Crippen LogP contribution in [0.4, 0.5) is 5.82 Å². The molecule has 0 radical (unpaired) electrons. The number of fused-ring (bicyclic) bond motifs is 1. The van der Waals surface area contributed by atoms with E-state index in [9.17, 15) is 9.59 Å². The highest BCUT2D eigenvalue weighted by Crippen LogP contribution is 2.15. The minimum atomic E-state index is -0.415. The number of nitrogens with one attached hydrogen (secondary N) is 1. The van der Waals surface area contributed by atoms with Gasteiger partial charge >= 0.3 is 0 Å². The van der Waals surface area contributed by atoms with Gasteiger partial charge in [0.2, 0.25) is 0 Å². The zero-order valence-electron chi connectivity index (χ0n) is 11.6. The number of aromatic nitrogens is 3. The van der Waals surface area contributed by atoms with Crippen LogP contribution in [0.25, 0.3) is 10.8 Å². The predicted octanol–water partition coefficient (Wildman–Crippen LogP) is 2.34. The Kier molecular flexibility index (Phi) is 3.72. The third-order valence-electron chi connectivity index (χ3n) is 3.14. The number of rotatable bonds is 2. The number of carbonyl (C=O) groups excluding carboxylic acids is 1. The molecule has 7 heteroatoms. The Bertz CT molecular complexity index is 919. The Morgan fingerprint density at radius 3 is 2.59 bits per heavy atom. The monoisotopic (exact) mass is 358 g/mol. The molecule has 1 N–H and O–H groups in total. The maximum atomic E-state index is 12.4. The van der Waals surface area contributed by atoms with Gasteiger partial charge in [-0.2, -0.15) is 5.10 Å². The van der Waals surface area contributed by atoms with Crippen LogP contribution in [-0.2, 0) is 7.05 Å². The first kappa shape index (κ1) is 14.4. The summed E-state index contributed by atoms with van der Waals surface area (Å²) in [5.74, 6) is -0.00504. The maximum absolute atomic E-state index is 12.4. The summed E-state index contributed by atoms with van der Waals surface area (Å²) in [7, 11) is 1.52. The van der Waals surface area contributed by atoms with E-state index in [1.807, 2.05) is 0 Å². The van der Waals surface area contributed by atoms with Gasteiger partial charge in [-0.3, -0.25) is 9.59 Å². The first-order valence-corrected chi connectivity index (χ1v) is 7.24. The SMILES string of the molecule is Cn1nc(C(=O)Nc2ccc(Br)cn2)c2ccccc2c1=O. The zero-order chi connectivity index (χ0) is 15.7. The highest BCUT2D eigenvalue weighted by Gasteiger charge is 2.15. The Morgan fingerprint density at radius 1 is 1.18 bits per heavy atom. The molecular formula is C15H11BrN4O2. The van der Waals surface area contributed by atoms with E-state index in [1.54, 1.807) is 42.6 Å². The third-order valence-corrected chi connectivity index (χ3v) is 3.61. The highest BCUT2D eigenvalue weighted by atomic mass is 79.9. The van der Waals surface area contributed by atoms with Crippen LogP contribution in [0.15, 0.2) is 51.9 Å². The summed E-state index contributed by atoms with van der Waals surface area (Å²) in [5.41, 5.74) is -0.0589. The molecule has 0 bridgehead atoms. The van der Waals surface area contributed by atoms with Crippen molar-refractivity contribution in [3.63, 3.8) is 0 Å². The molecule has 3 rings (SSSR count). The second-order valence-electron chi connectivity index (χ2n) is 4.64. The van der Waals surface area contributed by atoms with Crippen molar-refractivity contribution in [2.24, 2.45) is 7.05 Å². The molecule has 0 fully saturated rings. The van der Waals surface area contributed by atoms with Crippen LogP contribution >= 0.6 is 15.9 Å². The molecule has 0 aliphatic heterocycles. The van der Waals surface area contributed by atoms with E-state index in [-0.39, 0.29) is 11.3 Å². The van der Waals surface area contributed by atoms with Gasteiger partial charge in [-0.05, 0) is 34.1 Å². The van der Waals surface area contributed by atoms with E-state index >= 15 is 0 Å². The Labute approximate surface area is 133 Å². The average molecular weight is 359 g/mol. The molecule has 0 aliphatic carbocycles. The van der Waals surface area contributed by atoms with E-state index in [1.165, 1.54) is 7.05 Å². The van der Waals surface area contributed by atoms with Crippen LogP contribution < -0.4 is 10.9 Å². The van der Waals surface area contributed by atoms with Crippen LogP contribution in [0, 0.1) is 0 Å². The number of nitrogens with zero attached hydrogens (tertiary/aromatic N) is 3. The summed E-state index contributed by atoms with van der Waals surface area (Å²) < 4.78 is 1.97. The lowest BCUT2D eigenvalue weighted by Gasteiger charge is -2.08. The largest absolute Gasteiger partial charge is 0.305 e. The Hall–Kier alpha value is -2.54. The molecule has 110 valence electrons. The lowest BCUT2D eigenvalue weighted by molar-refractivity contribution is 0.102. The first-order valence-electron chi connectivity index (χ1n) is 6.45. The lowest BCUT2D eigenvalue weighted by atomic mass is 10.1. The molecule has 2 aromatic heterocycles. The van der Waals surface area contributed by atoms with Crippen molar-refractivity contribution in [1.82, 2.24) is 14.8 Å². The van der Waals surface area contributed by atoms with Gasteiger partial charge in [0.15, 0.2) is 5.69 Å². The molecule has 0 saturated heterocycles. The van der Waals surface area contributed by atoms with Gasteiger partial charge in [0.1, 0.15) is 5.82 Å². The molecule has 3 aromatic rings. The van der Waals surface area contributed by atoms with Crippen molar-refractivity contribution < 1.29 is 4.79 Å². The van der Waals surface area contributed by atoms with Crippen molar-refractivity contribution >= 4 is 38.4 Å². The van der Waals surface area contributed by atoms with Crippen molar-refractivity contribution in [1.29, 1.82) is 0 Å². The van der Waals surface area contributed by atoms with Gasteiger partial charge in [-0.15, -0.1) is 0 Å². The topological polar surface area (TPSA) is 76.9 Å². The van der Waals surface area contributed by atoms with Gasteiger partial charge in [-0.25, -0.2) is 9.67 Å². The van der Waals surface area contributed by atoms with Gasteiger partial charge in [0.25, 0.3) is 11.5 Å². The Balaban J connectivity index is 2.06. The minimum Gasteiger partial charge on any atom is -0.305 e. The molecule has 0 aliphatic rings. The van der Waals surface area contributed by atoms with Crippen LogP contribution in [0.3, 0.4) is 0 Å². The molecule has 6 nitrogen and oxygen atoms in total. The minimum absolute atomic E-state index is 0.183. The normalized spacial score (nSPS) is 10.6. The molecular weight excluding hydrogens is 348 g/mol. The van der Waals surface area contributed by atoms with Gasteiger partial charge in [0, 0.05) is 23.1 Å². The number of anilines is 1. The van der Waals surface area contributed by atoms with Crippen molar-refractivity contribution in [2.75, 3.05) is 5.32 Å². The summed E-state index contributed by atoms with van der Waals surface area (Å²) in [6.07, 6.45) is 1.59. The summed E-state index contributed by atoms with van der Waals surface area (Å²) in [6.45, 7) is 0. The molecule has 1 amide bonds. The fraction of sp³-hybridized carbons (Fsp3) is 0.0667. The van der Waals surface area contributed by atoms with Crippen LogP contribution in [0.2, 0.25) is 0 Å². The fourth-order valence-corrected chi connectivity index (χ4v) is 2.33. The standard InChI is InChI=1S/C15H11BrN4O2/c1-20-15(22)11-5-3-2-4-10(11)13(19-20)14(21)18-12-7-6-9(16)8-17-12/h2-8H,1H3,(H,17,18,21). The highest BCUT2D eigenvalue weighted by molar-refractivity contribution is 9.10. The van der Waals surface area contributed by atoms with E-state index in [2.05, 4.69) is 31.3 Å². The van der Waals surface area contributed by atoms with Gasteiger partial charge in [0.05, 0.1) is 5.39 Å². The number of carbonyl (C=O) groups is 1. The van der Waals surface area contributed by atoms with Crippen LogP contribution in [-0.4, -0.2) is 20.7 Å². The van der Waals surface area contributed by atoms with E-state index in [4.69, 9.17) is 0 Å². The average Bonchev–Trinajstić information content (AvgIpc) is 2.53. The third kappa shape index (κ3) is 2.62. The van der Waals surface area contributed by atoms with Crippen molar-refractivity contribution in [3.05, 3.63) is 63.1 Å². The number of aryl methyl sites for hydroxylation is 1. The van der Waals surface area contributed by atoms with Gasteiger partial charge < -0.3 is 5.32 Å². The summed E-state index contributed by atoms with van der Waals surface area (Å²) in [5, 5.41) is 7.71. The number of hydrogen-bond acceptors (Lipinski definition) is 4. The number of pyridine rings is 1. The zero-order valence-corrected chi connectivity index (χ0v) is 13.2. The number of halogens is 1. The molecule has 2 heterocycles. The van der Waals surface area contributed by atoms with Gasteiger partial charge in [-0.1, -0.05) is 18.2 Å². The molecule has 22 heavy (non-hydrogen) atoms. The molecule has 1 aromatic carbocycles. The van der Waals surface area contributed by atoms with Crippen molar-refractivity contribution in [3.8, 4) is 0 Å². The van der Waals surface area contributed by atoms with E-state index < -0.39 is 5.91 Å². The summed E-state index contributed by atoms with van der Waals surface area (Å²) >= 11 is 3.28. The maximum Gasteiger partial charge on any atom is 0.277 e. The predicted molar refractivity (Wildman–Crippen MR) is 86.9 cm³/mol.